The summed E-state index contributed by atoms with van der Waals surface area (Å²) in [6.07, 6.45) is 2.96. The van der Waals surface area contributed by atoms with Crippen LogP contribution < -0.4 is 24.4 Å². The molecule has 0 amide bonds. The highest BCUT2D eigenvalue weighted by Crippen LogP contribution is 2.39. The lowest BCUT2D eigenvalue weighted by molar-refractivity contribution is -0.139. The molecule has 2 aromatic heterocycles. The van der Waals surface area contributed by atoms with Crippen LogP contribution in [-0.4, -0.2) is 23.9 Å². The van der Waals surface area contributed by atoms with Gasteiger partial charge in [-0.25, -0.2) is 9.79 Å². The van der Waals surface area contributed by atoms with Gasteiger partial charge in [-0.15, -0.1) is 0 Å². The summed E-state index contributed by atoms with van der Waals surface area (Å²) in [6.45, 7) is 4.06. The molecule has 2 aromatic carbocycles. The van der Waals surface area contributed by atoms with Crippen molar-refractivity contribution in [1.82, 2.24) is 4.57 Å². The predicted molar refractivity (Wildman–Crippen MR) is 156 cm³/mol. The number of esters is 1. The molecule has 2 aliphatic heterocycles. The minimum atomic E-state index is -0.763. The Morgan fingerprint density at radius 3 is 2.78 bits per heavy atom. The fourth-order valence-electron chi connectivity index (χ4n) is 4.92. The van der Waals surface area contributed by atoms with Gasteiger partial charge >= 0.3 is 5.97 Å². The number of hydrogen-bond acceptors (Lipinski definition) is 8. The summed E-state index contributed by atoms with van der Waals surface area (Å²) in [6, 6.07) is 13.5. The Kier molecular flexibility index (Phi) is 7.50. The van der Waals surface area contributed by atoms with Gasteiger partial charge in [-0.3, -0.25) is 9.36 Å². The summed E-state index contributed by atoms with van der Waals surface area (Å²) < 4.78 is 24.5. The van der Waals surface area contributed by atoms with Crippen LogP contribution in [0.4, 0.5) is 0 Å². The Labute approximate surface area is 248 Å². The molecule has 0 saturated carbocycles. The van der Waals surface area contributed by atoms with Crippen molar-refractivity contribution >= 4 is 46.6 Å². The van der Waals surface area contributed by atoms with Gasteiger partial charge in [-0.2, -0.15) is 0 Å². The number of carbonyl (C=O) groups excluding carboxylic acids is 1. The lowest BCUT2D eigenvalue weighted by atomic mass is 9.94. The van der Waals surface area contributed by atoms with Crippen molar-refractivity contribution in [2.45, 2.75) is 32.7 Å². The molecule has 0 aliphatic carbocycles. The number of nitrogens with zero attached hydrogens (tertiary/aromatic N) is 2. The van der Waals surface area contributed by atoms with E-state index in [2.05, 4.69) is 0 Å². The van der Waals surface area contributed by atoms with Crippen molar-refractivity contribution in [3.05, 3.63) is 101 Å². The van der Waals surface area contributed by atoms with E-state index >= 15 is 0 Å². The van der Waals surface area contributed by atoms with E-state index in [-0.39, 0.29) is 19.0 Å². The molecule has 6 rings (SSSR count). The van der Waals surface area contributed by atoms with Gasteiger partial charge in [-0.1, -0.05) is 60.0 Å². The van der Waals surface area contributed by atoms with Crippen molar-refractivity contribution in [1.29, 1.82) is 0 Å². The van der Waals surface area contributed by atoms with Crippen molar-refractivity contribution in [2.75, 3.05) is 13.4 Å². The number of furan rings is 1. The van der Waals surface area contributed by atoms with Gasteiger partial charge in [0.1, 0.15) is 11.5 Å². The van der Waals surface area contributed by atoms with Crippen LogP contribution in [0.25, 0.3) is 17.4 Å². The van der Waals surface area contributed by atoms with Gasteiger partial charge in [0.05, 0.1) is 38.5 Å². The number of hydrogen-bond donors (Lipinski definition) is 0. The Morgan fingerprint density at radius 2 is 1.98 bits per heavy atom. The summed E-state index contributed by atoms with van der Waals surface area (Å²) in [7, 11) is 0. The average molecular weight is 612 g/mol. The Hall–Kier alpha value is -3.79. The van der Waals surface area contributed by atoms with E-state index in [1.165, 1.54) is 15.9 Å². The molecule has 4 aromatic rings. The molecule has 1 unspecified atom stereocenters. The zero-order valence-corrected chi connectivity index (χ0v) is 24.4. The molecule has 8 nitrogen and oxygen atoms in total. The molecule has 0 radical (unpaired) electrons. The van der Waals surface area contributed by atoms with Crippen LogP contribution in [0.15, 0.2) is 74.0 Å². The maximum atomic E-state index is 14.0. The zero-order chi connectivity index (χ0) is 28.7. The monoisotopic (exact) mass is 610 g/mol. The van der Waals surface area contributed by atoms with E-state index in [0.717, 1.165) is 6.42 Å². The summed E-state index contributed by atoms with van der Waals surface area (Å²) >= 11 is 13.8. The average Bonchev–Trinajstić information content (AvgIpc) is 3.69. The number of aromatic nitrogens is 1. The van der Waals surface area contributed by atoms with Crippen molar-refractivity contribution < 1.29 is 23.4 Å². The van der Waals surface area contributed by atoms with Gasteiger partial charge in [0.2, 0.25) is 6.79 Å². The molecular formula is C30H24Cl2N2O6S. The third-order valence-corrected chi connectivity index (χ3v) is 8.52. The van der Waals surface area contributed by atoms with E-state index in [0.29, 0.717) is 71.2 Å². The number of thiazole rings is 1. The number of rotatable bonds is 7. The molecule has 210 valence electrons. The van der Waals surface area contributed by atoms with E-state index in [1.807, 2.05) is 19.1 Å². The summed E-state index contributed by atoms with van der Waals surface area (Å²) in [5.74, 6) is 1.62. The zero-order valence-electron chi connectivity index (χ0n) is 22.1. The number of carbonyl (C=O) groups is 1. The third kappa shape index (κ3) is 4.98. The number of allylic oxidation sites excluding steroid dienone is 1. The van der Waals surface area contributed by atoms with Crippen molar-refractivity contribution in [3.8, 4) is 22.8 Å². The maximum Gasteiger partial charge on any atom is 0.338 e. The quantitative estimate of drug-likeness (QED) is 0.243. The van der Waals surface area contributed by atoms with Gasteiger partial charge in [0, 0.05) is 11.6 Å². The number of ether oxygens (including phenoxy) is 3. The first-order valence-corrected chi connectivity index (χ1v) is 14.6. The fourth-order valence-corrected chi connectivity index (χ4v) is 6.31. The van der Waals surface area contributed by atoms with E-state index in [9.17, 15) is 9.59 Å². The predicted octanol–water partition coefficient (Wildman–Crippen LogP) is 5.87. The molecular weight excluding hydrogens is 587 g/mol. The van der Waals surface area contributed by atoms with Crippen molar-refractivity contribution in [3.63, 3.8) is 0 Å². The largest absolute Gasteiger partial charge is 0.463 e. The normalized spacial score (nSPS) is 16.1. The first-order valence-electron chi connectivity index (χ1n) is 13.0. The van der Waals surface area contributed by atoms with Crippen LogP contribution in [0.3, 0.4) is 0 Å². The van der Waals surface area contributed by atoms with Gasteiger partial charge < -0.3 is 18.6 Å². The maximum absolute atomic E-state index is 14.0. The van der Waals surface area contributed by atoms with E-state index in [1.54, 1.807) is 49.4 Å². The lowest BCUT2D eigenvalue weighted by Crippen LogP contribution is -2.40. The molecule has 1 atom stereocenters. The van der Waals surface area contributed by atoms with Crippen LogP contribution in [0.2, 0.25) is 10.0 Å². The first kappa shape index (κ1) is 27.4. The molecule has 0 saturated heterocycles. The fraction of sp³-hybridized carbons (Fsp3) is 0.233. The molecule has 0 bridgehead atoms. The van der Waals surface area contributed by atoms with Gasteiger partial charge in [-0.05, 0) is 55.3 Å². The smallest absolute Gasteiger partial charge is 0.338 e. The second-order valence-corrected chi connectivity index (χ2v) is 11.1. The minimum absolute atomic E-state index is 0.106. The highest BCUT2D eigenvalue weighted by atomic mass is 35.5. The molecule has 0 fully saturated rings. The number of benzene rings is 2. The SMILES string of the molecule is CCCC1=C(C(=O)OCC)C(c2ccc3c(c2)OCO3)n2c(s/c(=C\c3ccc(-c4cccc(Cl)c4Cl)o3)c2=O)=N1. The van der Waals surface area contributed by atoms with Crippen LogP contribution in [0.5, 0.6) is 11.5 Å². The van der Waals surface area contributed by atoms with Crippen LogP contribution in [0, 0.1) is 0 Å². The lowest BCUT2D eigenvalue weighted by Gasteiger charge is -2.25. The first-order chi connectivity index (χ1) is 19.9. The summed E-state index contributed by atoms with van der Waals surface area (Å²) in [5.41, 5.74) is 1.95. The molecule has 4 heterocycles. The van der Waals surface area contributed by atoms with Crippen molar-refractivity contribution in [2.24, 2.45) is 4.99 Å². The molecule has 0 spiro atoms. The summed E-state index contributed by atoms with van der Waals surface area (Å²) in [5, 5.41) is 0.798. The second kappa shape index (κ2) is 11.2. The van der Waals surface area contributed by atoms with Crippen LogP contribution in [0.1, 0.15) is 44.1 Å². The third-order valence-electron chi connectivity index (χ3n) is 6.72. The number of fused-ring (bicyclic) bond motifs is 2. The molecule has 41 heavy (non-hydrogen) atoms. The van der Waals surface area contributed by atoms with E-state index < -0.39 is 12.0 Å². The van der Waals surface area contributed by atoms with E-state index in [4.69, 9.17) is 46.8 Å². The van der Waals surface area contributed by atoms with Crippen LogP contribution in [-0.2, 0) is 9.53 Å². The second-order valence-electron chi connectivity index (χ2n) is 9.33. The topological polar surface area (TPSA) is 92.3 Å². The molecule has 2 aliphatic rings. The van der Waals surface area contributed by atoms with Crippen LogP contribution >= 0.6 is 34.5 Å². The highest BCUT2D eigenvalue weighted by molar-refractivity contribution is 7.07. The highest BCUT2D eigenvalue weighted by Gasteiger charge is 2.35. The molecule has 0 N–H and O–H groups in total. The van der Waals surface area contributed by atoms with Gasteiger partial charge in [0.15, 0.2) is 16.3 Å². The standard InChI is InChI=1S/C30H24Cl2N2O6S/c1-3-6-20-25(29(36)37-4-2)27(16-9-11-22-23(13-16)39-15-38-22)34-28(35)24(41-30(34)33-20)14-17-10-12-21(40-17)18-7-5-8-19(31)26(18)32/h5,7-14,27H,3-4,6,15H2,1-2H3/b24-14-. The number of halogens is 2. The molecule has 11 heteroatoms. The summed E-state index contributed by atoms with van der Waals surface area (Å²) in [4.78, 5) is 32.6. The Balaban J connectivity index is 1.51. The Morgan fingerprint density at radius 1 is 1.15 bits per heavy atom. The Bertz CT molecular complexity index is 1890. The minimum Gasteiger partial charge on any atom is -0.463 e. The van der Waals surface area contributed by atoms with Gasteiger partial charge in [0.25, 0.3) is 5.56 Å².